The number of aromatic nitrogens is 2. The van der Waals surface area contributed by atoms with E-state index in [0.717, 1.165) is 0 Å². The predicted octanol–water partition coefficient (Wildman–Crippen LogP) is 4.32. The standard InChI is InChI=1S/C19H23BrFN3O4/c1-10-13(8-9-24(10)18(25)28-19(2,3)4)27-16-11-6-7-12(20)14(21)15(11)22-17(23-16)26-5/h6-7,10,13H,8-9H2,1-5H3. The van der Waals surface area contributed by atoms with Gasteiger partial charge in [-0.1, -0.05) is 0 Å². The molecule has 3 rings (SSSR count). The van der Waals surface area contributed by atoms with Crippen LogP contribution >= 0.6 is 15.9 Å². The molecule has 28 heavy (non-hydrogen) atoms. The number of likely N-dealkylation sites (tertiary alicyclic amines) is 1. The van der Waals surface area contributed by atoms with Crippen molar-refractivity contribution in [1.29, 1.82) is 0 Å². The molecule has 0 aliphatic carbocycles. The minimum atomic E-state index is -0.573. The number of ether oxygens (including phenoxy) is 3. The molecule has 0 bridgehead atoms. The van der Waals surface area contributed by atoms with Crippen molar-refractivity contribution in [2.24, 2.45) is 0 Å². The smallest absolute Gasteiger partial charge is 0.410 e. The Labute approximate surface area is 171 Å². The zero-order valence-electron chi connectivity index (χ0n) is 16.5. The normalized spacial score (nSPS) is 19.8. The summed E-state index contributed by atoms with van der Waals surface area (Å²) in [5.74, 6) is -0.297. The Balaban J connectivity index is 1.87. The van der Waals surface area contributed by atoms with Crippen LogP contribution in [0.3, 0.4) is 0 Å². The van der Waals surface area contributed by atoms with Crippen LogP contribution in [0.5, 0.6) is 11.9 Å². The predicted molar refractivity (Wildman–Crippen MR) is 105 cm³/mol. The first-order valence-corrected chi connectivity index (χ1v) is 9.76. The maximum Gasteiger partial charge on any atom is 0.410 e. The number of hydrogen-bond acceptors (Lipinski definition) is 6. The maximum absolute atomic E-state index is 14.5. The average molecular weight is 456 g/mol. The second kappa shape index (κ2) is 7.69. The van der Waals surface area contributed by atoms with Gasteiger partial charge >= 0.3 is 12.1 Å². The molecule has 152 valence electrons. The van der Waals surface area contributed by atoms with Gasteiger partial charge in [0.05, 0.1) is 23.0 Å². The Morgan fingerprint density at radius 1 is 1.32 bits per heavy atom. The van der Waals surface area contributed by atoms with Crippen LogP contribution in [0.1, 0.15) is 34.1 Å². The SMILES string of the molecule is COc1nc(OC2CCN(C(=O)OC(C)(C)C)C2C)c2ccc(Br)c(F)c2n1. The van der Waals surface area contributed by atoms with Gasteiger partial charge in [0.1, 0.15) is 17.2 Å². The van der Waals surface area contributed by atoms with E-state index in [1.807, 2.05) is 27.7 Å². The minimum Gasteiger partial charge on any atom is -0.471 e. The molecule has 0 N–H and O–H groups in total. The van der Waals surface area contributed by atoms with Crippen molar-refractivity contribution in [1.82, 2.24) is 14.9 Å². The van der Waals surface area contributed by atoms with Crippen molar-refractivity contribution in [3.8, 4) is 11.9 Å². The summed E-state index contributed by atoms with van der Waals surface area (Å²) < 4.78 is 31.4. The quantitative estimate of drug-likeness (QED) is 0.685. The van der Waals surface area contributed by atoms with Crippen LogP contribution < -0.4 is 9.47 Å². The number of methoxy groups -OCH3 is 1. The molecule has 2 unspecified atom stereocenters. The Kier molecular flexibility index (Phi) is 5.65. The van der Waals surface area contributed by atoms with E-state index in [9.17, 15) is 9.18 Å². The number of benzene rings is 1. The Hall–Kier alpha value is -2.16. The van der Waals surface area contributed by atoms with E-state index >= 15 is 0 Å². The zero-order valence-corrected chi connectivity index (χ0v) is 18.0. The van der Waals surface area contributed by atoms with Crippen LogP contribution in [0.2, 0.25) is 0 Å². The van der Waals surface area contributed by atoms with Crippen LogP contribution in [-0.4, -0.2) is 52.4 Å². The number of fused-ring (bicyclic) bond motifs is 1. The number of nitrogens with zero attached hydrogens (tertiary/aromatic N) is 3. The largest absolute Gasteiger partial charge is 0.471 e. The van der Waals surface area contributed by atoms with Crippen LogP contribution in [0.25, 0.3) is 10.9 Å². The third-order valence-electron chi connectivity index (χ3n) is 4.46. The van der Waals surface area contributed by atoms with Gasteiger partial charge in [-0.2, -0.15) is 9.97 Å². The first-order valence-electron chi connectivity index (χ1n) is 8.96. The maximum atomic E-state index is 14.5. The van der Waals surface area contributed by atoms with Crippen molar-refractivity contribution in [2.75, 3.05) is 13.7 Å². The van der Waals surface area contributed by atoms with Gasteiger partial charge in [-0.05, 0) is 55.8 Å². The first kappa shape index (κ1) is 20.6. The number of amides is 1. The number of rotatable bonds is 3. The van der Waals surface area contributed by atoms with Gasteiger partial charge in [0.25, 0.3) is 0 Å². The lowest BCUT2D eigenvalue weighted by molar-refractivity contribution is 0.0190. The summed E-state index contributed by atoms with van der Waals surface area (Å²) >= 11 is 3.16. The lowest BCUT2D eigenvalue weighted by Gasteiger charge is -2.28. The Morgan fingerprint density at radius 2 is 2.04 bits per heavy atom. The Morgan fingerprint density at radius 3 is 2.68 bits per heavy atom. The lowest BCUT2D eigenvalue weighted by atomic mass is 10.2. The molecule has 1 fully saturated rings. The minimum absolute atomic E-state index is 0.00847. The summed E-state index contributed by atoms with van der Waals surface area (Å²) in [5.41, 5.74) is -0.470. The summed E-state index contributed by atoms with van der Waals surface area (Å²) in [4.78, 5) is 22.4. The van der Waals surface area contributed by atoms with Gasteiger partial charge < -0.3 is 19.1 Å². The zero-order chi connectivity index (χ0) is 20.6. The molecular weight excluding hydrogens is 433 g/mol. The molecule has 1 aliphatic rings. The molecule has 7 nitrogen and oxygen atoms in total. The molecule has 0 radical (unpaired) electrons. The summed E-state index contributed by atoms with van der Waals surface area (Å²) in [6.45, 7) is 7.86. The van der Waals surface area contributed by atoms with Gasteiger partial charge in [-0.25, -0.2) is 9.18 Å². The topological polar surface area (TPSA) is 73.8 Å². The van der Waals surface area contributed by atoms with Crippen LogP contribution in [0.15, 0.2) is 16.6 Å². The summed E-state index contributed by atoms with van der Waals surface area (Å²) in [7, 11) is 1.41. The van der Waals surface area contributed by atoms with Crippen LogP contribution in [-0.2, 0) is 4.74 Å². The van der Waals surface area contributed by atoms with Gasteiger partial charge in [0, 0.05) is 13.0 Å². The molecule has 1 saturated heterocycles. The van der Waals surface area contributed by atoms with E-state index in [0.29, 0.717) is 18.4 Å². The number of halogens is 2. The second-order valence-corrected chi connectivity index (χ2v) is 8.49. The molecule has 1 aliphatic heterocycles. The van der Waals surface area contributed by atoms with Gasteiger partial charge in [0.15, 0.2) is 5.82 Å². The van der Waals surface area contributed by atoms with Gasteiger partial charge in [-0.3, -0.25) is 0 Å². The molecule has 2 heterocycles. The molecule has 1 aromatic carbocycles. The lowest BCUT2D eigenvalue weighted by Crippen LogP contribution is -2.42. The molecule has 9 heteroatoms. The fraction of sp³-hybridized carbons (Fsp3) is 0.526. The molecule has 2 aromatic rings. The summed E-state index contributed by atoms with van der Waals surface area (Å²) in [6.07, 6.45) is -0.0963. The van der Waals surface area contributed by atoms with Crippen LogP contribution in [0, 0.1) is 5.82 Å². The number of hydrogen-bond donors (Lipinski definition) is 0. The fourth-order valence-corrected chi connectivity index (χ4v) is 3.38. The van der Waals surface area contributed by atoms with Crippen molar-refractivity contribution in [3.63, 3.8) is 0 Å². The first-order chi connectivity index (χ1) is 13.1. The third-order valence-corrected chi connectivity index (χ3v) is 5.07. The summed E-state index contributed by atoms with van der Waals surface area (Å²) in [6, 6.07) is 3.04. The molecule has 0 saturated carbocycles. The molecular formula is C19H23BrFN3O4. The van der Waals surface area contributed by atoms with E-state index in [2.05, 4.69) is 25.9 Å². The Bertz CT molecular complexity index is 903. The third kappa shape index (κ3) is 4.14. The van der Waals surface area contributed by atoms with Gasteiger partial charge in [0.2, 0.25) is 5.88 Å². The monoisotopic (exact) mass is 455 g/mol. The molecule has 1 aromatic heterocycles. The van der Waals surface area contributed by atoms with E-state index in [4.69, 9.17) is 14.2 Å². The molecule has 2 atom stereocenters. The number of carbonyl (C=O) groups excluding carboxylic acids is 1. The highest BCUT2D eigenvalue weighted by molar-refractivity contribution is 9.10. The fourth-order valence-electron chi connectivity index (χ4n) is 3.06. The number of carbonyl (C=O) groups is 1. The molecule has 1 amide bonds. The average Bonchev–Trinajstić information content (AvgIpc) is 2.97. The highest BCUT2D eigenvalue weighted by Crippen LogP contribution is 2.33. The van der Waals surface area contributed by atoms with E-state index in [1.54, 1.807) is 17.0 Å². The highest BCUT2D eigenvalue weighted by Gasteiger charge is 2.38. The van der Waals surface area contributed by atoms with Crippen molar-refractivity contribution < 1.29 is 23.4 Å². The van der Waals surface area contributed by atoms with Crippen LogP contribution in [0.4, 0.5) is 9.18 Å². The van der Waals surface area contributed by atoms with Crippen molar-refractivity contribution >= 4 is 32.9 Å². The van der Waals surface area contributed by atoms with E-state index < -0.39 is 11.4 Å². The van der Waals surface area contributed by atoms with E-state index in [1.165, 1.54) is 7.11 Å². The van der Waals surface area contributed by atoms with Crippen molar-refractivity contribution in [2.45, 2.75) is 51.9 Å². The molecule has 0 spiro atoms. The van der Waals surface area contributed by atoms with Crippen molar-refractivity contribution in [3.05, 3.63) is 22.4 Å². The second-order valence-electron chi connectivity index (χ2n) is 7.63. The summed E-state index contributed by atoms with van der Waals surface area (Å²) in [5, 5.41) is 0.435. The highest BCUT2D eigenvalue weighted by atomic mass is 79.9. The van der Waals surface area contributed by atoms with Gasteiger partial charge in [-0.15, -0.1) is 0 Å². The van der Waals surface area contributed by atoms with E-state index in [-0.39, 0.29) is 40.1 Å².